The van der Waals surface area contributed by atoms with Gasteiger partial charge < -0.3 is 10.8 Å². The molecule has 0 heterocycles. The van der Waals surface area contributed by atoms with Crippen LogP contribution in [0.5, 0.6) is 0 Å². The van der Waals surface area contributed by atoms with Crippen molar-refractivity contribution in [2.75, 3.05) is 0 Å². The lowest BCUT2D eigenvalue weighted by Crippen LogP contribution is -2.30. The Bertz CT molecular complexity index is 93.9. The normalized spacial score (nSPS) is 18.6. The molecule has 0 aliphatic heterocycles. The molecule has 3 N–H and O–H groups in total. The number of rotatable bonds is 2. The highest BCUT2D eigenvalue weighted by molar-refractivity contribution is 4.68. The molecule has 0 aliphatic carbocycles. The highest BCUT2D eigenvalue weighted by Crippen LogP contribution is 2.24. The van der Waals surface area contributed by atoms with Crippen LogP contribution in [0.2, 0.25) is 0 Å². The van der Waals surface area contributed by atoms with Gasteiger partial charge in [0, 0.05) is 0 Å². The second-order valence-electron chi connectivity index (χ2n) is 4.23. The Morgan fingerprint density at radius 1 is 1.40 bits per heavy atom. The fourth-order valence-electron chi connectivity index (χ4n) is 1.09. The summed E-state index contributed by atoms with van der Waals surface area (Å²) in [6, 6.07) is 0. The lowest BCUT2D eigenvalue weighted by atomic mass is 9.85. The van der Waals surface area contributed by atoms with Crippen LogP contribution in [0, 0.1) is 11.3 Å². The minimum absolute atomic E-state index is 0.194. The smallest absolute Gasteiger partial charge is 0.105 e. The largest absolute Gasteiger partial charge is 0.379 e. The van der Waals surface area contributed by atoms with E-state index in [9.17, 15) is 0 Å². The fourth-order valence-corrected chi connectivity index (χ4v) is 1.09. The average Bonchev–Trinajstić information content (AvgIpc) is 1.60. The third kappa shape index (κ3) is 4.77. The van der Waals surface area contributed by atoms with Crippen molar-refractivity contribution in [3.05, 3.63) is 0 Å². The average molecular weight is 145 g/mol. The maximum atomic E-state index is 8.96. The van der Waals surface area contributed by atoms with E-state index in [1.807, 2.05) is 6.92 Å². The second kappa shape index (κ2) is 3.35. The van der Waals surface area contributed by atoms with Gasteiger partial charge in [-0.1, -0.05) is 27.7 Å². The van der Waals surface area contributed by atoms with E-state index >= 15 is 0 Å². The Hall–Kier alpha value is -0.0800. The Labute approximate surface area is 63.4 Å². The number of nitrogens with two attached hydrogens (primary N) is 1. The highest BCUT2D eigenvalue weighted by atomic mass is 16.3. The first-order chi connectivity index (χ1) is 4.33. The van der Waals surface area contributed by atoms with E-state index in [-0.39, 0.29) is 11.3 Å². The highest BCUT2D eigenvalue weighted by Gasteiger charge is 2.18. The van der Waals surface area contributed by atoms with Crippen molar-refractivity contribution >= 4 is 0 Å². The van der Waals surface area contributed by atoms with E-state index in [1.54, 1.807) is 0 Å². The first kappa shape index (κ1) is 9.92. The Morgan fingerprint density at radius 2 is 1.80 bits per heavy atom. The van der Waals surface area contributed by atoms with Crippen LogP contribution in [-0.2, 0) is 0 Å². The van der Waals surface area contributed by atoms with Gasteiger partial charge in [-0.2, -0.15) is 0 Å². The second-order valence-corrected chi connectivity index (χ2v) is 4.23. The van der Waals surface area contributed by atoms with Crippen molar-refractivity contribution in [1.82, 2.24) is 0 Å². The zero-order chi connectivity index (χ0) is 8.36. The van der Waals surface area contributed by atoms with Crippen LogP contribution < -0.4 is 5.73 Å². The monoisotopic (exact) mass is 145 g/mol. The summed E-state index contributed by atoms with van der Waals surface area (Å²) in [5.74, 6) is 0.194. The molecule has 2 heteroatoms. The SMILES string of the molecule is CC(CC(C)(C)C)C(N)O. The number of aliphatic hydroxyl groups excluding tert-OH is 1. The summed E-state index contributed by atoms with van der Waals surface area (Å²) in [5, 5.41) is 8.96. The summed E-state index contributed by atoms with van der Waals surface area (Å²) in [4.78, 5) is 0. The van der Waals surface area contributed by atoms with Crippen molar-refractivity contribution in [3.63, 3.8) is 0 Å². The number of hydrogen-bond donors (Lipinski definition) is 2. The maximum absolute atomic E-state index is 8.96. The molecule has 0 aromatic rings. The van der Waals surface area contributed by atoms with E-state index in [2.05, 4.69) is 20.8 Å². The van der Waals surface area contributed by atoms with Gasteiger partial charge in [0.1, 0.15) is 6.23 Å². The molecule has 0 bridgehead atoms. The molecule has 0 aromatic heterocycles. The van der Waals surface area contributed by atoms with Crippen molar-refractivity contribution in [1.29, 1.82) is 0 Å². The van der Waals surface area contributed by atoms with Gasteiger partial charge in [0.25, 0.3) is 0 Å². The molecule has 0 saturated carbocycles. The van der Waals surface area contributed by atoms with Crippen LogP contribution in [0.25, 0.3) is 0 Å². The van der Waals surface area contributed by atoms with Gasteiger partial charge in [0.15, 0.2) is 0 Å². The topological polar surface area (TPSA) is 46.2 Å². The Kier molecular flexibility index (Phi) is 3.33. The molecule has 0 radical (unpaired) electrons. The minimum atomic E-state index is -0.667. The van der Waals surface area contributed by atoms with Crippen LogP contribution in [0.1, 0.15) is 34.1 Å². The van der Waals surface area contributed by atoms with Gasteiger partial charge in [0.05, 0.1) is 0 Å². The van der Waals surface area contributed by atoms with E-state index in [0.717, 1.165) is 6.42 Å². The molecule has 2 nitrogen and oxygen atoms in total. The van der Waals surface area contributed by atoms with Crippen LogP contribution >= 0.6 is 0 Å². The first-order valence-electron chi connectivity index (χ1n) is 3.76. The summed E-state index contributed by atoms with van der Waals surface area (Å²) in [6.07, 6.45) is 0.296. The van der Waals surface area contributed by atoms with E-state index in [1.165, 1.54) is 0 Å². The standard InChI is InChI=1S/C8H19NO/c1-6(7(9)10)5-8(2,3)4/h6-7,10H,5,9H2,1-4H3. The molecule has 2 atom stereocenters. The van der Waals surface area contributed by atoms with Crippen molar-refractivity contribution in [2.24, 2.45) is 17.1 Å². The summed E-state index contributed by atoms with van der Waals surface area (Å²) in [5.41, 5.74) is 5.56. The Balaban J connectivity index is 3.68. The molecular weight excluding hydrogens is 126 g/mol. The molecule has 62 valence electrons. The van der Waals surface area contributed by atoms with Crippen LogP contribution in [0.15, 0.2) is 0 Å². The van der Waals surface area contributed by atoms with Gasteiger partial charge in [-0.25, -0.2) is 0 Å². The molecule has 0 amide bonds. The van der Waals surface area contributed by atoms with Crippen LogP contribution in [0.3, 0.4) is 0 Å². The van der Waals surface area contributed by atoms with Crippen LogP contribution in [-0.4, -0.2) is 11.3 Å². The van der Waals surface area contributed by atoms with Gasteiger partial charge in [-0.05, 0) is 17.8 Å². The van der Waals surface area contributed by atoms with Crippen LogP contribution in [0.4, 0.5) is 0 Å². The summed E-state index contributed by atoms with van der Waals surface area (Å²) in [6.45, 7) is 8.40. The maximum Gasteiger partial charge on any atom is 0.105 e. The quantitative estimate of drug-likeness (QED) is 0.576. The molecule has 0 saturated heterocycles. The predicted octanol–water partition coefficient (Wildman–Crippen LogP) is 1.34. The summed E-state index contributed by atoms with van der Waals surface area (Å²) >= 11 is 0. The molecule has 10 heavy (non-hydrogen) atoms. The first-order valence-corrected chi connectivity index (χ1v) is 3.76. The number of hydrogen-bond acceptors (Lipinski definition) is 2. The van der Waals surface area contributed by atoms with Gasteiger partial charge in [-0.15, -0.1) is 0 Å². The zero-order valence-corrected chi connectivity index (χ0v) is 7.39. The molecule has 0 aromatic carbocycles. The van der Waals surface area contributed by atoms with E-state index < -0.39 is 6.23 Å². The Morgan fingerprint density at radius 3 is 1.90 bits per heavy atom. The number of aliphatic hydroxyl groups is 1. The van der Waals surface area contributed by atoms with Crippen molar-refractivity contribution in [2.45, 2.75) is 40.3 Å². The summed E-state index contributed by atoms with van der Waals surface area (Å²) in [7, 11) is 0. The van der Waals surface area contributed by atoms with Crippen molar-refractivity contribution < 1.29 is 5.11 Å². The molecule has 0 spiro atoms. The molecule has 2 unspecified atom stereocenters. The lowest BCUT2D eigenvalue weighted by molar-refractivity contribution is 0.0967. The lowest BCUT2D eigenvalue weighted by Gasteiger charge is -2.24. The molecule has 0 rings (SSSR count). The van der Waals surface area contributed by atoms with Crippen molar-refractivity contribution in [3.8, 4) is 0 Å². The third-order valence-corrected chi connectivity index (χ3v) is 1.52. The van der Waals surface area contributed by atoms with E-state index in [0.29, 0.717) is 0 Å². The van der Waals surface area contributed by atoms with Gasteiger partial charge in [-0.3, -0.25) is 0 Å². The molecule has 0 aliphatic rings. The van der Waals surface area contributed by atoms with Gasteiger partial charge in [0.2, 0.25) is 0 Å². The van der Waals surface area contributed by atoms with Gasteiger partial charge >= 0.3 is 0 Å². The minimum Gasteiger partial charge on any atom is -0.379 e. The van der Waals surface area contributed by atoms with E-state index in [4.69, 9.17) is 10.8 Å². The molecular formula is C8H19NO. The fraction of sp³-hybridized carbons (Fsp3) is 1.00. The summed E-state index contributed by atoms with van der Waals surface area (Å²) < 4.78 is 0. The molecule has 0 fully saturated rings. The zero-order valence-electron chi connectivity index (χ0n) is 7.39. The predicted molar refractivity (Wildman–Crippen MR) is 43.4 cm³/mol. The third-order valence-electron chi connectivity index (χ3n) is 1.52.